The van der Waals surface area contributed by atoms with Gasteiger partial charge in [0.1, 0.15) is 11.5 Å². The van der Waals surface area contributed by atoms with Crippen molar-refractivity contribution in [2.24, 2.45) is 0 Å². The maximum Gasteiger partial charge on any atom is 0.433 e. The van der Waals surface area contributed by atoms with Crippen LogP contribution in [0.5, 0.6) is 0 Å². The van der Waals surface area contributed by atoms with E-state index in [-0.39, 0.29) is 12.0 Å². The van der Waals surface area contributed by atoms with Gasteiger partial charge in [0.15, 0.2) is 11.5 Å². The van der Waals surface area contributed by atoms with E-state index in [4.69, 9.17) is 0 Å². The Morgan fingerprint density at radius 3 is 2.61 bits per heavy atom. The van der Waals surface area contributed by atoms with Crippen LogP contribution >= 0.6 is 0 Å². The third-order valence-electron chi connectivity index (χ3n) is 5.20. The van der Waals surface area contributed by atoms with Crippen LogP contribution in [0.25, 0.3) is 5.65 Å². The molecule has 0 atom stereocenters. The van der Waals surface area contributed by atoms with Gasteiger partial charge in [0.2, 0.25) is 5.95 Å². The molecule has 0 radical (unpaired) electrons. The van der Waals surface area contributed by atoms with Crippen LogP contribution in [-0.4, -0.2) is 56.0 Å². The second kappa shape index (κ2) is 6.01. The Morgan fingerprint density at radius 1 is 1.11 bits per heavy atom. The maximum absolute atomic E-state index is 12.9. The summed E-state index contributed by atoms with van der Waals surface area (Å²) in [6, 6.07) is 4.65. The van der Waals surface area contributed by atoms with E-state index in [9.17, 15) is 13.2 Å². The Labute approximate surface area is 158 Å². The van der Waals surface area contributed by atoms with E-state index in [0.717, 1.165) is 42.4 Å². The SMILES string of the molecule is CN(c1nccc(C(F)(F)F)n1)C1CN(c2ccc3nnc(C4CC4)n3n2)C1. The Bertz CT molecular complexity index is 1020. The van der Waals surface area contributed by atoms with Crippen LogP contribution in [0.2, 0.25) is 0 Å². The van der Waals surface area contributed by atoms with Crippen LogP contribution in [0.4, 0.5) is 24.9 Å². The maximum atomic E-state index is 12.9. The Balaban J connectivity index is 1.31. The highest BCUT2D eigenvalue weighted by molar-refractivity contribution is 5.50. The monoisotopic (exact) mass is 390 g/mol. The normalized spacial score (nSPS) is 17.8. The zero-order valence-corrected chi connectivity index (χ0v) is 15.0. The van der Waals surface area contributed by atoms with Crippen LogP contribution < -0.4 is 9.80 Å². The molecule has 3 aromatic rings. The van der Waals surface area contributed by atoms with Gasteiger partial charge in [-0.1, -0.05) is 0 Å². The number of alkyl halides is 3. The first kappa shape index (κ1) is 17.1. The van der Waals surface area contributed by atoms with Crippen molar-refractivity contribution in [3.63, 3.8) is 0 Å². The summed E-state index contributed by atoms with van der Waals surface area (Å²) in [5, 5.41) is 13.0. The predicted octanol–water partition coefficient (Wildman–Crippen LogP) is 2.14. The lowest BCUT2D eigenvalue weighted by molar-refractivity contribution is -0.141. The fraction of sp³-hybridized carbons (Fsp3) is 0.471. The lowest BCUT2D eigenvalue weighted by atomic mass is 10.1. The third kappa shape index (κ3) is 2.90. The summed E-state index contributed by atoms with van der Waals surface area (Å²) in [7, 11) is 1.71. The summed E-state index contributed by atoms with van der Waals surface area (Å²) >= 11 is 0. The minimum atomic E-state index is -4.48. The molecule has 0 unspecified atom stereocenters. The summed E-state index contributed by atoms with van der Waals surface area (Å²) in [6.07, 6.45) is -1.12. The number of fused-ring (bicyclic) bond motifs is 1. The second-order valence-corrected chi connectivity index (χ2v) is 7.20. The van der Waals surface area contributed by atoms with Crippen molar-refractivity contribution in [1.82, 2.24) is 29.8 Å². The molecule has 11 heteroatoms. The highest BCUT2D eigenvalue weighted by Crippen LogP contribution is 2.39. The van der Waals surface area contributed by atoms with Crippen LogP contribution in [0.15, 0.2) is 24.4 Å². The molecule has 0 amide bonds. The molecule has 0 bridgehead atoms. The summed E-state index contributed by atoms with van der Waals surface area (Å²) in [5.41, 5.74) is -0.218. The molecule has 28 heavy (non-hydrogen) atoms. The number of aromatic nitrogens is 6. The molecule has 8 nitrogen and oxygen atoms in total. The van der Waals surface area contributed by atoms with Crippen molar-refractivity contribution in [2.75, 3.05) is 29.9 Å². The van der Waals surface area contributed by atoms with Gasteiger partial charge >= 0.3 is 6.18 Å². The molecule has 3 aromatic heterocycles. The summed E-state index contributed by atoms with van der Waals surface area (Å²) < 4.78 is 40.4. The molecule has 0 spiro atoms. The first-order chi connectivity index (χ1) is 13.4. The van der Waals surface area contributed by atoms with Crippen molar-refractivity contribution >= 4 is 17.4 Å². The molecular weight excluding hydrogens is 373 g/mol. The predicted molar refractivity (Wildman–Crippen MR) is 94.2 cm³/mol. The molecule has 1 saturated heterocycles. The van der Waals surface area contributed by atoms with Gasteiger partial charge in [-0.05, 0) is 31.0 Å². The number of hydrogen-bond donors (Lipinski definition) is 0. The zero-order valence-electron chi connectivity index (χ0n) is 15.0. The van der Waals surface area contributed by atoms with Gasteiger partial charge in [0.25, 0.3) is 0 Å². The fourth-order valence-corrected chi connectivity index (χ4v) is 3.29. The highest BCUT2D eigenvalue weighted by atomic mass is 19.4. The largest absolute Gasteiger partial charge is 0.433 e. The van der Waals surface area contributed by atoms with Gasteiger partial charge in [0, 0.05) is 32.3 Å². The third-order valence-corrected chi connectivity index (χ3v) is 5.20. The number of nitrogens with zero attached hydrogens (tertiary/aromatic N) is 8. The van der Waals surface area contributed by atoms with Crippen LogP contribution in [-0.2, 0) is 6.18 Å². The Morgan fingerprint density at radius 2 is 1.89 bits per heavy atom. The molecule has 5 rings (SSSR count). The molecule has 1 saturated carbocycles. The van der Waals surface area contributed by atoms with Crippen molar-refractivity contribution in [3.8, 4) is 0 Å². The summed E-state index contributed by atoms with van der Waals surface area (Å²) in [4.78, 5) is 11.4. The topological polar surface area (TPSA) is 75.3 Å². The lowest BCUT2D eigenvalue weighted by Crippen LogP contribution is -2.59. The molecule has 4 heterocycles. The molecule has 1 aliphatic carbocycles. The van der Waals surface area contributed by atoms with Crippen molar-refractivity contribution in [3.05, 3.63) is 35.9 Å². The van der Waals surface area contributed by atoms with E-state index in [0.29, 0.717) is 19.0 Å². The van der Waals surface area contributed by atoms with Crippen LogP contribution in [0, 0.1) is 0 Å². The Kier molecular flexibility index (Phi) is 3.68. The number of likely N-dealkylation sites (N-methyl/N-ethyl adjacent to an activating group) is 1. The average Bonchev–Trinajstić information content (AvgIpc) is 3.39. The van der Waals surface area contributed by atoms with Crippen molar-refractivity contribution in [2.45, 2.75) is 31.0 Å². The van der Waals surface area contributed by atoms with Gasteiger partial charge in [-0.25, -0.2) is 9.97 Å². The number of rotatable bonds is 4. The number of halogens is 3. The fourth-order valence-electron chi connectivity index (χ4n) is 3.29. The first-order valence-electron chi connectivity index (χ1n) is 9.00. The van der Waals surface area contributed by atoms with Crippen molar-refractivity contribution in [1.29, 1.82) is 0 Å². The van der Waals surface area contributed by atoms with Crippen LogP contribution in [0.1, 0.15) is 30.3 Å². The molecule has 146 valence electrons. The van der Waals surface area contributed by atoms with Crippen LogP contribution in [0.3, 0.4) is 0 Å². The van der Waals surface area contributed by atoms with Gasteiger partial charge in [-0.15, -0.1) is 15.3 Å². The van der Waals surface area contributed by atoms with Crippen molar-refractivity contribution < 1.29 is 13.2 Å². The Hall–Kier alpha value is -2.98. The van der Waals surface area contributed by atoms with E-state index < -0.39 is 11.9 Å². The zero-order chi connectivity index (χ0) is 19.5. The summed E-state index contributed by atoms with van der Waals surface area (Å²) in [5.74, 6) is 2.19. The number of hydrogen-bond acceptors (Lipinski definition) is 7. The number of anilines is 2. The van der Waals surface area contributed by atoms with Gasteiger partial charge in [-0.2, -0.15) is 17.7 Å². The summed E-state index contributed by atoms with van der Waals surface area (Å²) in [6.45, 7) is 1.24. The highest BCUT2D eigenvalue weighted by Gasteiger charge is 2.36. The molecule has 0 N–H and O–H groups in total. The van der Waals surface area contributed by atoms with E-state index in [1.54, 1.807) is 16.5 Å². The molecule has 0 aromatic carbocycles. The minimum absolute atomic E-state index is 0.00444. The molecule has 1 aliphatic heterocycles. The van der Waals surface area contributed by atoms with E-state index >= 15 is 0 Å². The smallest absolute Gasteiger partial charge is 0.351 e. The second-order valence-electron chi connectivity index (χ2n) is 7.20. The average molecular weight is 390 g/mol. The first-order valence-corrected chi connectivity index (χ1v) is 9.00. The standard InChI is InChI=1S/C17H17F3N8/c1-26(16-21-7-6-12(22-16)17(18,19)20)11-8-27(9-11)14-5-4-13-23-24-15(10-2-3-10)28(13)25-14/h4-7,10-11H,2-3,8-9H2,1H3. The van der Waals surface area contributed by atoms with Gasteiger partial charge in [0.05, 0.1) is 6.04 Å². The lowest BCUT2D eigenvalue weighted by Gasteiger charge is -2.44. The van der Waals surface area contributed by atoms with Gasteiger partial charge < -0.3 is 9.80 Å². The van der Waals surface area contributed by atoms with E-state index in [1.165, 1.54) is 0 Å². The van der Waals surface area contributed by atoms with Gasteiger partial charge in [-0.3, -0.25) is 0 Å². The minimum Gasteiger partial charge on any atom is -0.351 e. The van der Waals surface area contributed by atoms with E-state index in [1.807, 2.05) is 12.1 Å². The molecule has 2 aliphatic rings. The molecule has 2 fully saturated rings. The molecular formula is C17H17F3N8. The van der Waals surface area contributed by atoms with E-state index in [2.05, 4.69) is 30.2 Å². The quantitative estimate of drug-likeness (QED) is 0.676.